The largest absolute Gasteiger partial charge is 0.341 e. The summed E-state index contributed by atoms with van der Waals surface area (Å²) in [6.07, 6.45) is 4.72. The molecule has 0 radical (unpaired) electrons. The summed E-state index contributed by atoms with van der Waals surface area (Å²) in [5.74, 6) is 0.762. The summed E-state index contributed by atoms with van der Waals surface area (Å²) in [5, 5.41) is 5.99. The monoisotopic (exact) mass is 336 g/mol. The quantitative estimate of drug-likeness (QED) is 0.913. The van der Waals surface area contributed by atoms with Crippen LogP contribution in [-0.2, 0) is 4.79 Å². The molecule has 0 spiro atoms. The van der Waals surface area contributed by atoms with Crippen LogP contribution in [-0.4, -0.2) is 59.4 Å². The van der Waals surface area contributed by atoms with Gasteiger partial charge in [0.2, 0.25) is 5.91 Å². The summed E-state index contributed by atoms with van der Waals surface area (Å²) in [6.45, 7) is 5.42. The lowest BCUT2D eigenvalue weighted by molar-refractivity contribution is -0.132. The van der Waals surface area contributed by atoms with Gasteiger partial charge in [-0.25, -0.2) is 9.78 Å². The summed E-state index contributed by atoms with van der Waals surface area (Å²) >= 11 is 1.61. The Hall–Kier alpha value is -1.63. The van der Waals surface area contributed by atoms with E-state index in [2.05, 4.69) is 17.2 Å². The third-order valence-electron chi connectivity index (χ3n) is 4.45. The highest BCUT2D eigenvalue weighted by molar-refractivity contribution is 7.09. The molecule has 0 bridgehead atoms. The summed E-state index contributed by atoms with van der Waals surface area (Å²) < 4.78 is 0. The molecule has 7 heteroatoms. The van der Waals surface area contributed by atoms with Gasteiger partial charge in [0.1, 0.15) is 0 Å². The average molecular weight is 336 g/mol. The van der Waals surface area contributed by atoms with Crippen molar-refractivity contribution < 1.29 is 9.59 Å². The van der Waals surface area contributed by atoms with Crippen LogP contribution in [0.5, 0.6) is 0 Å². The second-order valence-corrected chi connectivity index (χ2v) is 7.32. The van der Waals surface area contributed by atoms with Crippen LogP contribution in [0.15, 0.2) is 11.6 Å². The van der Waals surface area contributed by atoms with Crippen molar-refractivity contribution in [3.63, 3.8) is 0 Å². The number of amides is 3. The zero-order valence-corrected chi connectivity index (χ0v) is 14.3. The molecule has 2 fully saturated rings. The number of carbonyl (C=O) groups excluding carboxylic acids is 2. The molecule has 1 aromatic heterocycles. The van der Waals surface area contributed by atoms with E-state index in [1.165, 1.54) is 0 Å². The van der Waals surface area contributed by atoms with Gasteiger partial charge in [-0.1, -0.05) is 6.92 Å². The number of carbonyl (C=O) groups is 2. The molecule has 23 heavy (non-hydrogen) atoms. The summed E-state index contributed by atoms with van der Waals surface area (Å²) in [4.78, 5) is 32.5. The van der Waals surface area contributed by atoms with Crippen LogP contribution in [0, 0.1) is 5.92 Å². The molecule has 3 rings (SSSR count). The van der Waals surface area contributed by atoms with Crippen molar-refractivity contribution in [3.8, 4) is 0 Å². The zero-order chi connectivity index (χ0) is 16.2. The van der Waals surface area contributed by atoms with E-state index in [0.717, 1.165) is 30.8 Å². The van der Waals surface area contributed by atoms with Gasteiger partial charge in [0, 0.05) is 56.1 Å². The van der Waals surface area contributed by atoms with Crippen LogP contribution < -0.4 is 5.32 Å². The number of nitrogens with one attached hydrogen (secondary N) is 1. The molecule has 1 atom stereocenters. The SMILES string of the molecule is CC(CNC(=O)N1CCCN(C(=O)C2CC2)CC1)c1nccs1. The Balaban J connectivity index is 1.45. The third-order valence-corrected chi connectivity index (χ3v) is 5.46. The number of thiazole rings is 1. The maximum Gasteiger partial charge on any atom is 0.317 e. The molecule has 2 heterocycles. The van der Waals surface area contributed by atoms with Gasteiger partial charge in [-0.3, -0.25) is 4.79 Å². The minimum Gasteiger partial charge on any atom is -0.341 e. The van der Waals surface area contributed by atoms with Crippen molar-refractivity contribution in [1.29, 1.82) is 0 Å². The molecule has 1 N–H and O–H groups in total. The van der Waals surface area contributed by atoms with Gasteiger partial charge in [-0.15, -0.1) is 11.3 Å². The standard InChI is InChI=1S/C16H24N4O2S/c1-12(14-17-5-10-23-14)11-18-16(22)20-7-2-6-19(8-9-20)15(21)13-3-4-13/h5,10,12-13H,2-4,6-9,11H2,1H3,(H,18,22). The molecule has 126 valence electrons. The normalized spacial score (nSPS) is 20.0. The van der Waals surface area contributed by atoms with Crippen molar-refractivity contribution in [1.82, 2.24) is 20.1 Å². The maximum atomic E-state index is 12.3. The lowest BCUT2D eigenvalue weighted by atomic mass is 10.2. The van der Waals surface area contributed by atoms with Crippen molar-refractivity contribution in [2.45, 2.75) is 32.1 Å². The van der Waals surface area contributed by atoms with Crippen LogP contribution >= 0.6 is 11.3 Å². The topological polar surface area (TPSA) is 65.5 Å². The number of hydrogen-bond donors (Lipinski definition) is 1. The Labute approximate surface area is 140 Å². The fraction of sp³-hybridized carbons (Fsp3) is 0.688. The Bertz CT molecular complexity index is 544. The molecule has 3 amide bonds. The first kappa shape index (κ1) is 16.2. The number of nitrogens with zero attached hydrogens (tertiary/aromatic N) is 3. The second kappa shape index (κ2) is 7.29. The first-order valence-corrected chi connectivity index (χ1v) is 9.24. The Kier molecular flexibility index (Phi) is 5.15. The first-order valence-electron chi connectivity index (χ1n) is 8.36. The molecule has 1 aliphatic heterocycles. The number of hydrogen-bond acceptors (Lipinski definition) is 4. The van der Waals surface area contributed by atoms with Crippen molar-refractivity contribution in [2.24, 2.45) is 5.92 Å². The Morgan fingerprint density at radius 2 is 2.04 bits per heavy atom. The molecule has 1 aromatic rings. The van der Waals surface area contributed by atoms with Crippen LogP contribution in [0.1, 0.15) is 37.1 Å². The van der Waals surface area contributed by atoms with E-state index in [0.29, 0.717) is 26.2 Å². The molecule has 1 aliphatic carbocycles. The van der Waals surface area contributed by atoms with Gasteiger partial charge < -0.3 is 15.1 Å². The van der Waals surface area contributed by atoms with Gasteiger partial charge in [0.05, 0.1) is 5.01 Å². The van der Waals surface area contributed by atoms with E-state index in [4.69, 9.17) is 0 Å². The lowest BCUT2D eigenvalue weighted by Gasteiger charge is -2.23. The van der Waals surface area contributed by atoms with Gasteiger partial charge >= 0.3 is 6.03 Å². The second-order valence-electron chi connectivity index (χ2n) is 6.40. The number of aromatic nitrogens is 1. The Morgan fingerprint density at radius 1 is 1.30 bits per heavy atom. The maximum absolute atomic E-state index is 12.3. The minimum absolute atomic E-state index is 0.0332. The highest BCUT2D eigenvalue weighted by Crippen LogP contribution is 2.31. The molecule has 1 saturated carbocycles. The molecule has 2 aliphatic rings. The van der Waals surface area contributed by atoms with Crippen LogP contribution in [0.4, 0.5) is 4.79 Å². The average Bonchev–Trinajstić information content (AvgIpc) is 3.32. The fourth-order valence-electron chi connectivity index (χ4n) is 2.85. The fourth-order valence-corrected chi connectivity index (χ4v) is 3.55. The van der Waals surface area contributed by atoms with E-state index in [-0.39, 0.29) is 23.8 Å². The first-order chi connectivity index (χ1) is 11.1. The zero-order valence-electron chi connectivity index (χ0n) is 13.5. The molecular weight excluding hydrogens is 312 g/mol. The van der Waals surface area contributed by atoms with Gasteiger partial charge in [-0.2, -0.15) is 0 Å². The van der Waals surface area contributed by atoms with E-state index in [1.54, 1.807) is 17.5 Å². The van der Waals surface area contributed by atoms with E-state index in [9.17, 15) is 9.59 Å². The molecule has 1 saturated heterocycles. The number of rotatable bonds is 4. The molecule has 6 nitrogen and oxygen atoms in total. The highest BCUT2D eigenvalue weighted by Gasteiger charge is 2.34. The van der Waals surface area contributed by atoms with Crippen molar-refractivity contribution in [2.75, 3.05) is 32.7 Å². The van der Waals surface area contributed by atoms with E-state index in [1.807, 2.05) is 15.2 Å². The molecular formula is C16H24N4O2S. The van der Waals surface area contributed by atoms with E-state index >= 15 is 0 Å². The van der Waals surface area contributed by atoms with Crippen molar-refractivity contribution >= 4 is 23.3 Å². The molecule has 1 unspecified atom stereocenters. The van der Waals surface area contributed by atoms with Gasteiger partial charge in [0.15, 0.2) is 0 Å². The van der Waals surface area contributed by atoms with Crippen LogP contribution in [0.2, 0.25) is 0 Å². The third kappa shape index (κ3) is 4.22. The molecule has 0 aromatic carbocycles. The summed E-state index contributed by atoms with van der Waals surface area (Å²) in [7, 11) is 0. The van der Waals surface area contributed by atoms with E-state index < -0.39 is 0 Å². The van der Waals surface area contributed by atoms with Gasteiger partial charge in [-0.05, 0) is 19.3 Å². The van der Waals surface area contributed by atoms with Crippen LogP contribution in [0.3, 0.4) is 0 Å². The lowest BCUT2D eigenvalue weighted by Crippen LogP contribution is -2.43. The minimum atomic E-state index is -0.0332. The summed E-state index contributed by atoms with van der Waals surface area (Å²) in [5.41, 5.74) is 0. The van der Waals surface area contributed by atoms with Gasteiger partial charge in [0.25, 0.3) is 0 Å². The predicted octanol–water partition coefficient (Wildman–Crippen LogP) is 1.90. The van der Waals surface area contributed by atoms with Crippen molar-refractivity contribution in [3.05, 3.63) is 16.6 Å². The highest BCUT2D eigenvalue weighted by atomic mass is 32.1. The Morgan fingerprint density at radius 3 is 2.74 bits per heavy atom. The smallest absolute Gasteiger partial charge is 0.317 e. The van der Waals surface area contributed by atoms with Crippen LogP contribution in [0.25, 0.3) is 0 Å². The summed E-state index contributed by atoms with van der Waals surface area (Å²) in [6, 6.07) is -0.0332. The predicted molar refractivity (Wildman–Crippen MR) is 89.4 cm³/mol. The number of urea groups is 1.